The first-order valence-electron chi connectivity index (χ1n) is 5.75. The molecule has 0 atom stereocenters. The Morgan fingerprint density at radius 1 is 1.42 bits per heavy atom. The molecule has 0 aliphatic carbocycles. The van der Waals surface area contributed by atoms with Gasteiger partial charge in [-0.25, -0.2) is 14.8 Å². The molecule has 0 aromatic carbocycles. The highest BCUT2D eigenvalue weighted by Gasteiger charge is 2.21. The summed E-state index contributed by atoms with van der Waals surface area (Å²) in [7, 11) is 0. The summed E-state index contributed by atoms with van der Waals surface area (Å²) in [6, 6.07) is 1.71. The number of carbonyl (C=O) groups excluding carboxylic acids is 1. The Balaban J connectivity index is 2.27. The fourth-order valence-corrected chi connectivity index (χ4v) is 1.42. The first kappa shape index (κ1) is 13.1. The van der Waals surface area contributed by atoms with E-state index in [0.29, 0.717) is 11.4 Å². The van der Waals surface area contributed by atoms with E-state index in [-0.39, 0.29) is 11.4 Å². The number of hydrogen-bond donors (Lipinski definition) is 1. The van der Waals surface area contributed by atoms with Gasteiger partial charge in [0.2, 0.25) is 0 Å². The third kappa shape index (κ3) is 3.09. The van der Waals surface area contributed by atoms with E-state index in [1.807, 2.05) is 0 Å². The molecule has 0 unspecified atom stereocenters. The highest BCUT2D eigenvalue weighted by molar-refractivity contribution is 5.94. The average molecular weight is 261 g/mol. The fraction of sp³-hybridized carbons (Fsp3) is 0.308. The first-order chi connectivity index (χ1) is 8.87. The van der Waals surface area contributed by atoms with Crippen LogP contribution in [0.5, 0.6) is 0 Å². The maximum absolute atomic E-state index is 11.9. The van der Waals surface area contributed by atoms with Crippen LogP contribution in [-0.4, -0.2) is 21.5 Å². The predicted octanol–water partition coefficient (Wildman–Crippen LogP) is 2.27. The summed E-state index contributed by atoms with van der Waals surface area (Å²) >= 11 is 0. The van der Waals surface area contributed by atoms with Crippen molar-refractivity contribution in [3.8, 4) is 11.4 Å². The summed E-state index contributed by atoms with van der Waals surface area (Å²) in [4.78, 5) is 20.0. The van der Waals surface area contributed by atoms with Gasteiger partial charge in [-0.05, 0) is 26.8 Å². The van der Waals surface area contributed by atoms with E-state index >= 15 is 0 Å². The molecule has 0 spiro atoms. The molecule has 2 rings (SSSR count). The van der Waals surface area contributed by atoms with Crippen LogP contribution < -0.4 is 5.73 Å². The molecule has 6 heteroatoms. The second kappa shape index (κ2) is 4.72. The van der Waals surface area contributed by atoms with Crippen molar-refractivity contribution < 1.29 is 13.9 Å². The minimum atomic E-state index is -0.591. The minimum absolute atomic E-state index is 0.0838. The molecule has 0 saturated heterocycles. The van der Waals surface area contributed by atoms with Gasteiger partial charge in [-0.15, -0.1) is 0 Å². The number of rotatable bonds is 2. The zero-order valence-corrected chi connectivity index (χ0v) is 11.0. The van der Waals surface area contributed by atoms with Gasteiger partial charge < -0.3 is 14.9 Å². The van der Waals surface area contributed by atoms with Crippen LogP contribution in [0.1, 0.15) is 31.1 Å². The van der Waals surface area contributed by atoms with Crippen LogP contribution in [0, 0.1) is 0 Å². The number of hydrogen-bond acceptors (Lipinski definition) is 6. The molecule has 0 fully saturated rings. The fourth-order valence-electron chi connectivity index (χ4n) is 1.42. The predicted molar refractivity (Wildman–Crippen MR) is 69.3 cm³/mol. The third-order valence-electron chi connectivity index (χ3n) is 2.22. The van der Waals surface area contributed by atoms with Gasteiger partial charge >= 0.3 is 5.97 Å². The number of nitrogens with two attached hydrogens (primary N) is 1. The van der Waals surface area contributed by atoms with Crippen LogP contribution in [0.15, 0.2) is 29.2 Å². The molecule has 2 aromatic rings. The number of aromatic nitrogens is 2. The molecule has 0 radical (unpaired) electrons. The maximum atomic E-state index is 11.9. The molecule has 6 nitrogen and oxygen atoms in total. The van der Waals surface area contributed by atoms with Crippen LogP contribution in [0.3, 0.4) is 0 Å². The Morgan fingerprint density at radius 2 is 2.16 bits per heavy atom. The number of nitrogen functional groups attached to an aromatic ring is 1. The molecule has 0 saturated carbocycles. The maximum Gasteiger partial charge on any atom is 0.344 e. The Labute approximate surface area is 110 Å². The van der Waals surface area contributed by atoms with Crippen molar-refractivity contribution in [3.05, 3.63) is 30.4 Å². The lowest BCUT2D eigenvalue weighted by atomic mass is 10.2. The summed E-state index contributed by atoms with van der Waals surface area (Å²) in [5.41, 5.74) is 6.03. The van der Waals surface area contributed by atoms with Gasteiger partial charge in [0.25, 0.3) is 0 Å². The lowest BCUT2D eigenvalue weighted by Crippen LogP contribution is -2.24. The van der Waals surface area contributed by atoms with E-state index in [0.717, 1.165) is 0 Å². The Morgan fingerprint density at radius 3 is 2.68 bits per heavy atom. The van der Waals surface area contributed by atoms with Gasteiger partial charge in [0.15, 0.2) is 5.82 Å². The number of ether oxygens (including phenoxy) is 1. The van der Waals surface area contributed by atoms with Crippen molar-refractivity contribution in [1.29, 1.82) is 0 Å². The molecule has 100 valence electrons. The first-order valence-corrected chi connectivity index (χ1v) is 5.75. The summed E-state index contributed by atoms with van der Waals surface area (Å²) in [6.45, 7) is 5.34. The molecular weight excluding hydrogens is 246 g/mol. The Kier molecular flexibility index (Phi) is 3.25. The van der Waals surface area contributed by atoms with E-state index < -0.39 is 11.6 Å². The van der Waals surface area contributed by atoms with Gasteiger partial charge in [0.1, 0.15) is 23.2 Å². The molecule has 0 amide bonds. The van der Waals surface area contributed by atoms with E-state index in [9.17, 15) is 4.79 Å². The van der Waals surface area contributed by atoms with Crippen molar-refractivity contribution in [1.82, 2.24) is 9.97 Å². The lowest BCUT2D eigenvalue weighted by Gasteiger charge is -2.19. The number of esters is 1. The molecule has 0 bridgehead atoms. The zero-order valence-electron chi connectivity index (χ0n) is 11.0. The smallest absolute Gasteiger partial charge is 0.344 e. The molecule has 19 heavy (non-hydrogen) atoms. The van der Waals surface area contributed by atoms with Crippen molar-refractivity contribution in [2.75, 3.05) is 5.73 Å². The number of furan rings is 1. The van der Waals surface area contributed by atoms with Crippen LogP contribution >= 0.6 is 0 Å². The Hall–Kier alpha value is -2.37. The van der Waals surface area contributed by atoms with Crippen LogP contribution in [-0.2, 0) is 4.74 Å². The molecule has 2 heterocycles. The van der Waals surface area contributed by atoms with Gasteiger partial charge in [-0.3, -0.25) is 0 Å². The average Bonchev–Trinajstić information content (AvgIpc) is 2.79. The largest absolute Gasteiger partial charge is 0.472 e. The van der Waals surface area contributed by atoms with Crippen LogP contribution in [0.25, 0.3) is 11.4 Å². The molecule has 2 N–H and O–H groups in total. The molecule has 0 aliphatic heterocycles. The van der Waals surface area contributed by atoms with Crippen molar-refractivity contribution in [2.24, 2.45) is 0 Å². The van der Waals surface area contributed by atoms with Crippen LogP contribution in [0.4, 0.5) is 5.82 Å². The Bertz CT molecular complexity index is 586. The van der Waals surface area contributed by atoms with E-state index in [1.54, 1.807) is 26.8 Å². The monoisotopic (exact) mass is 261 g/mol. The quantitative estimate of drug-likeness (QED) is 0.834. The van der Waals surface area contributed by atoms with E-state index in [1.165, 1.54) is 18.7 Å². The molecular formula is C13H15N3O3. The highest BCUT2D eigenvalue weighted by atomic mass is 16.6. The summed E-state index contributed by atoms with van der Waals surface area (Å²) in [6.07, 6.45) is 4.37. The van der Waals surface area contributed by atoms with Crippen molar-refractivity contribution in [2.45, 2.75) is 26.4 Å². The standard InChI is InChI=1S/C13H15N3O3/c1-13(2,3)19-12(17)9-6-15-11(16-10(9)14)8-4-5-18-7-8/h4-7H,1-3H3,(H2,14,15,16). The molecule has 2 aromatic heterocycles. The second-order valence-corrected chi connectivity index (χ2v) is 5.01. The topological polar surface area (TPSA) is 91.2 Å². The number of nitrogens with zero attached hydrogens (tertiary/aromatic N) is 2. The van der Waals surface area contributed by atoms with Crippen LogP contribution in [0.2, 0.25) is 0 Å². The highest BCUT2D eigenvalue weighted by Crippen LogP contribution is 2.20. The summed E-state index contributed by atoms with van der Waals surface area (Å²) in [5, 5.41) is 0. The molecule has 0 aliphatic rings. The number of carbonyl (C=O) groups is 1. The number of anilines is 1. The third-order valence-corrected chi connectivity index (χ3v) is 2.22. The van der Waals surface area contributed by atoms with E-state index in [2.05, 4.69) is 9.97 Å². The summed E-state index contributed by atoms with van der Waals surface area (Å²) < 4.78 is 10.2. The minimum Gasteiger partial charge on any atom is -0.472 e. The van der Waals surface area contributed by atoms with Gasteiger partial charge in [-0.1, -0.05) is 0 Å². The summed E-state index contributed by atoms with van der Waals surface area (Å²) in [5.74, 6) is -0.0530. The van der Waals surface area contributed by atoms with Crippen molar-refractivity contribution >= 4 is 11.8 Å². The van der Waals surface area contributed by atoms with E-state index in [4.69, 9.17) is 14.9 Å². The van der Waals surface area contributed by atoms with Gasteiger partial charge in [0.05, 0.1) is 11.8 Å². The SMILES string of the molecule is CC(C)(C)OC(=O)c1cnc(-c2ccoc2)nc1N. The van der Waals surface area contributed by atoms with Gasteiger partial charge in [-0.2, -0.15) is 0 Å². The second-order valence-electron chi connectivity index (χ2n) is 5.01. The van der Waals surface area contributed by atoms with Crippen molar-refractivity contribution in [3.63, 3.8) is 0 Å². The van der Waals surface area contributed by atoms with Gasteiger partial charge in [0, 0.05) is 6.20 Å². The normalized spacial score (nSPS) is 11.3. The lowest BCUT2D eigenvalue weighted by molar-refractivity contribution is 0.00700. The zero-order chi connectivity index (χ0) is 14.0.